The molecule has 136 valence electrons. The molecule has 26 heavy (non-hydrogen) atoms. The van der Waals surface area contributed by atoms with Gasteiger partial charge in [-0.25, -0.2) is 0 Å². The largest absolute Gasteiger partial charge is 0.368 e. The average Bonchev–Trinajstić information content (AvgIpc) is 3.07. The van der Waals surface area contributed by atoms with Crippen LogP contribution in [-0.4, -0.2) is 39.2 Å². The summed E-state index contributed by atoms with van der Waals surface area (Å²) in [4.78, 5) is 14.6. The Labute approximate surface area is 160 Å². The van der Waals surface area contributed by atoms with Gasteiger partial charge in [0.15, 0.2) is 4.34 Å². The van der Waals surface area contributed by atoms with Crippen LogP contribution < -0.4 is 16.0 Å². The van der Waals surface area contributed by atoms with Crippen molar-refractivity contribution in [1.82, 2.24) is 25.1 Å². The van der Waals surface area contributed by atoms with Gasteiger partial charge >= 0.3 is 0 Å². The lowest BCUT2D eigenvalue weighted by Gasteiger charge is -2.13. The van der Waals surface area contributed by atoms with E-state index < -0.39 is 0 Å². The minimum Gasteiger partial charge on any atom is -0.368 e. The van der Waals surface area contributed by atoms with Crippen LogP contribution in [0.5, 0.6) is 0 Å². The summed E-state index contributed by atoms with van der Waals surface area (Å²) >= 11 is 3.05. The fraction of sp³-hybridized carbons (Fsp3) is 0.312. The van der Waals surface area contributed by atoms with Crippen LogP contribution >= 0.6 is 23.1 Å². The van der Waals surface area contributed by atoms with E-state index >= 15 is 0 Å². The fourth-order valence-electron chi connectivity index (χ4n) is 2.09. The molecule has 0 unspecified atom stereocenters. The summed E-state index contributed by atoms with van der Waals surface area (Å²) < 4.78 is 0.846. The maximum atomic E-state index is 5.79. The number of hydrogen-bond acceptors (Lipinski definition) is 10. The number of aromatic nitrogens is 5. The molecule has 0 aliphatic heterocycles. The number of hydrogen-bond donors (Lipinski definition) is 2. The van der Waals surface area contributed by atoms with E-state index in [9.17, 15) is 0 Å². The van der Waals surface area contributed by atoms with Crippen molar-refractivity contribution in [2.24, 2.45) is 0 Å². The quantitative estimate of drug-likeness (QED) is 0.591. The highest BCUT2D eigenvalue weighted by molar-refractivity contribution is 8.01. The lowest BCUT2D eigenvalue weighted by molar-refractivity contribution is 0.863. The van der Waals surface area contributed by atoms with Crippen LogP contribution in [-0.2, 0) is 6.54 Å². The zero-order valence-corrected chi connectivity index (χ0v) is 16.4. The predicted octanol–water partition coefficient (Wildman–Crippen LogP) is 2.84. The minimum atomic E-state index is -0.0195. The standard InChI is InChI=1S/C16H20N8S2/c1-10(12-19-13(17)21-14(20-12)24(2)3)25-16-23-22-15(26-16)18-9-11-7-5-4-6-8-11/h4-8,10H,9H2,1-3H3,(H,18,22)(H2,17,19,20,21)/t10-/m1/s1. The number of rotatable bonds is 7. The van der Waals surface area contributed by atoms with Gasteiger partial charge in [0.25, 0.3) is 0 Å². The maximum Gasteiger partial charge on any atom is 0.229 e. The molecule has 0 saturated heterocycles. The highest BCUT2D eigenvalue weighted by Crippen LogP contribution is 2.36. The monoisotopic (exact) mass is 388 g/mol. The molecule has 8 nitrogen and oxygen atoms in total. The second-order valence-corrected chi connectivity index (χ2v) is 8.28. The van der Waals surface area contributed by atoms with E-state index in [1.165, 1.54) is 16.9 Å². The highest BCUT2D eigenvalue weighted by atomic mass is 32.2. The third-order valence-electron chi connectivity index (χ3n) is 3.39. The summed E-state index contributed by atoms with van der Waals surface area (Å²) in [6, 6.07) is 10.2. The molecule has 2 aromatic heterocycles. The summed E-state index contributed by atoms with van der Waals surface area (Å²) in [5.41, 5.74) is 6.99. The first kappa shape index (κ1) is 18.3. The number of benzene rings is 1. The molecular formula is C16H20N8S2. The molecule has 0 radical (unpaired) electrons. The van der Waals surface area contributed by atoms with Crippen LogP contribution in [0, 0.1) is 0 Å². The van der Waals surface area contributed by atoms with E-state index in [1.54, 1.807) is 16.7 Å². The van der Waals surface area contributed by atoms with Gasteiger partial charge in [0.05, 0.1) is 5.25 Å². The lowest BCUT2D eigenvalue weighted by atomic mass is 10.2. The molecule has 2 heterocycles. The number of nitrogens with two attached hydrogens (primary N) is 1. The Morgan fingerprint density at radius 3 is 2.65 bits per heavy atom. The maximum absolute atomic E-state index is 5.79. The molecule has 0 amide bonds. The molecule has 3 N–H and O–H groups in total. The second kappa shape index (κ2) is 8.28. The number of nitrogens with one attached hydrogen (secondary N) is 1. The van der Waals surface area contributed by atoms with Crippen LogP contribution in [0.1, 0.15) is 23.6 Å². The summed E-state index contributed by atoms with van der Waals surface area (Å²) in [5.74, 6) is 1.39. The van der Waals surface area contributed by atoms with Gasteiger partial charge in [-0.1, -0.05) is 53.4 Å². The first-order chi connectivity index (χ1) is 12.5. The van der Waals surface area contributed by atoms with Crippen molar-refractivity contribution >= 4 is 40.1 Å². The molecule has 0 saturated carbocycles. The van der Waals surface area contributed by atoms with E-state index in [0.29, 0.717) is 18.3 Å². The summed E-state index contributed by atoms with van der Waals surface area (Å²) in [7, 11) is 3.73. The van der Waals surface area contributed by atoms with Crippen molar-refractivity contribution in [1.29, 1.82) is 0 Å². The van der Waals surface area contributed by atoms with E-state index in [-0.39, 0.29) is 11.2 Å². The Balaban J connectivity index is 1.63. The molecule has 3 aromatic rings. The van der Waals surface area contributed by atoms with Gasteiger partial charge in [-0.15, -0.1) is 10.2 Å². The molecule has 0 bridgehead atoms. The Morgan fingerprint density at radius 1 is 1.15 bits per heavy atom. The van der Waals surface area contributed by atoms with Gasteiger partial charge in [-0.3, -0.25) is 0 Å². The first-order valence-electron chi connectivity index (χ1n) is 7.98. The van der Waals surface area contributed by atoms with Gasteiger partial charge in [-0.2, -0.15) is 15.0 Å². The van der Waals surface area contributed by atoms with Crippen LogP contribution in [0.3, 0.4) is 0 Å². The average molecular weight is 389 g/mol. The summed E-state index contributed by atoms with van der Waals surface area (Å²) in [6.07, 6.45) is 0. The molecule has 1 atom stereocenters. The normalized spacial score (nSPS) is 12.0. The lowest BCUT2D eigenvalue weighted by Crippen LogP contribution is -2.16. The Bertz CT molecular complexity index is 852. The SMILES string of the molecule is C[C@@H](Sc1nnc(NCc2ccccc2)s1)c1nc(N)nc(N(C)C)n1. The zero-order chi connectivity index (χ0) is 18.5. The van der Waals surface area contributed by atoms with Crippen LogP contribution in [0.4, 0.5) is 17.0 Å². The zero-order valence-electron chi connectivity index (χ0n) is 14.7. The van der Waals surface area contributed by atoms with Crippen molar-refractivity contribution < 1.29 is 0 Å². The number of nitrogens with zero attached hydrogens (tertiary/aromatic N) is 6. The summed E-state index contributed by atoms with van der Waals surface area (Å²) in [6.45, 7) is 2.73. The van der Waals surface area contributed by atoms with Crippen LogP contribution in [0.15, 0.2) is 34.7 Å². The molecule has 1 aromatic carbocycles. The van der Waals surface area contributed by atoms with E-state index in [2.05, 4.69) is 42.6 Å². The van der Waals surface area contributed by atoms with Gasteiger partial charge in [-0.05, 0) is 12.5 Å². The van der Waals surface area contributed by atoms with Gasteiger partial charge in [0, 0.05) is 20.6 Å². The minimum absolute atomic E-state index is 0.0195. The van der Waals surface area contributed by atoms with Crippen molar-refractivity contribution in [3.05, 3.63) is 41.7 Å². The molecule has 0 aliphatic carbocycles. The molecule has 0 aliphatic rings. The summed E-state index contributed by atoms with van der Waals surface area (Å²) in [5, 5.41) is 12.5. The Hall–Kier alpha value is -2.46. The Morgan fingerprint density at radius 2 is 1.92 bits per heavy atom. The van der Waals surface area contributed by atoms with E-state index in [4.69, 9.17) is 5.73 Å². The van der Waals surface area contributed by atoms with Gasteiger partial charge in [0.1, 0.15) is 5.82 Å². The van der Waals surface area contributed by atoms with Crippen LogP contribution in [0.2, 0.25) is 0 Å². The molecule has 0 fully saturated rings. The smallest absolute Gasteiger partial charge is 0.229 e. The number of anilines is 3. The third kappa shape index (κ3) is 4.79. The van der Waals surface area contributed by atoms with Crippen molar-refractivity contribution in [2.45, 2.75) is 23.1 Å². The second-order valence-electron chi connectivity index (χ2n) is 5.72. The van der Waals surface area contributed by atoms with Gasteiger partial charge in [0.2, 0.25) is 17.0 Å². The van der Waals surface area contributed by atoms with E-state index in [1.807, 2.05) is 39.2 Å². The predicted molar refractivity (Wildman–Crippen MR) is 107 cm³/mol. The van der Waals surface area contributed by atoms with Crippen molar-refractivity contribution in [3.8, 4) is 0 Å². The molecule has 0 spiro atoms. The molecular weight excluding hydrogens is 368 g/mol. The number of thioether (sulfide) groups is 1. The van der Waals surface area contributed by atoms with Gasteiger partial charge < -0.3 is 16.0 Å². The molecule has 3 rings (SSSR count). The first-order valence-corrected chi connectivity index (χ1v) is 9.67. The fourth-order valence-corrected chi connectivity index (χ4v) is 4.02. The van der Waals surface area contributed by atoms with E-state index in [0.717, 1.165) is 9.47 Å². The Kier molecular flexibility index (Phi) is 5.84. The molecule has 10 heteroatoms. The van der Waals surface area contributed by atoms with Crippen molar-refractivity contribution in [2.75, 3.05) is 30.0 Å². The highest BCUT2D eigenvalue weighted by Gasteiger charge is 2.17. The third-order valence-corrected chi connectivity index (χ3v) is 5.45. The topological polar surface area (TPSA) is 106 Å². The number of nitrogen functional groups attached to an aromatic ring is 1. The van der Waals surface area contributed by atoms with Crippen molar-refractivity contribution in [3.63, 3.8) is 0 Å². The van der Waals surface area contributed by atoms with Crippen LogP contribution in [0.25, 0.3) is 0 Å².